The number of rotatable bonds is 9. The van der Waals surface area contributed by atoms with Crippen molar-refractivity contribution in [3.05, 3.63) is 53.9 Å². The van der Waals surface area contributed by atoms with Gasteiger partial charge in [0.05, 0.1) is 25.3 Å². The summed E-state index contributed by atoms with van der Waals surface area (Å²) >= 11 is 0. The third-order valence-electron chi connectivity index (χ3n) is 7.64. The van der Waals surface area contributed by atoms with Crippen LogP contribution in [0.25, 0.3) is 10.9 Å². The minimum atomic E-state index is -3.73. The highest BCUT2D eigenvalue weighted by Gasteiger charge is 2.42. The molecule has 0 unspecified atom stereocenters. The number of fused-ring (bicyclic) bond motifs is 1. The topological polar surface area (TPSA) is 102 Å². The maximum absolute atomic E-state index is 13.6. The van der Waals surface area contributed by atoms with E-state index in [2.05, 4.69) is 15.6 Å². The van der Waals surface area contributed by atoms with Crippen LogP contribution in [0.15, 0.2) is 47.6 Å². The van der Waals surface area contributed by atoms with Crippen LogP contribution in [0, 0.1) is 18.8 Å². The second kappa shape index (κ2) is 9.86. The molecule has 1 aliphatic carbocycles. The molecular weight excluding hydrogens is 478 g/mol. The summed E-state index contributed by atoms with van der Waals surface area (Å²) in [5.41, 5.74) is 2.82. The van der Waals surface area contributed by atoms with Gasteiger partial charge in [0, 0.05) is 36.3 Å². The number of aryl methyl sites for hydroxylation is 1. The van der Waals surface area contributed by atoms with Crippen molar-refractivity contribution >= 4 is 26.9 Å². The van der Waals surface area contributed by atoms with Crippen LogP contribution in [0.1, 0.15) is 49.8 Å². The largest absolute Gasteiger partial charge is 0.481 e. The normalized spacial score (nSPS) is 21.1. The maximum atomic E-state index is 13.6. The van der Waals surface area contributed by atoms with Crippen molar-refractivity contribution in [1.29, 1.82) is 0 Å². The minimum Gasteiger partial charge on any atom is -0.481 e. The lowest BCUT2D eigenvalue weighted by Gasteiger charge is -2.31. The molecule has 0 spiro atoms. The predicted octanol–water partition coefficient (Wildman–Crippen LogP) is 4.42. The van der Waals surface area contributed by atoms with Crippen LogP contribution in [-0.4, -0.2) is 53.0 Å². The molecule has 9 heteroatoms. The van der Waals surface area contributed by atoms with E-state index in [0.717, 1.165) is 28.5 Å². The highest BCUT2D eigenvalue weighted by Crippen LogP contribution is 2.42. The average molecular weight is 512 g/mol. The average Bonchev–Trinajstić information content (AvgIpc) is 3.38. The van der Waals surface area contributed by atoms with E-state index in [1.54, 1.807) is 16.4 Å². The van der Waals surface area contributed by atoms with Crippen LogP contribution in [0.4, 0.5) is 0 Å². The number of hydrogen-bond acceptors (Lipinski definition) is 5. The van der Waals surface area contributed by atoms with E-state index in [9.17, 15) is 18.3 Å². The number of nitrogens with zero attached hydrogens (tertiary/aromatic N) is 3. The molecule has 1 aliphatic heterocycles. The van der Waals surface area contributed by atoms with Gasteiger partial charge in [-0.3, -0.25) is 4.79 Å². The van der Waals surface area contributed by atoms with Crippen molar-refractivity contribution in [1.82, 2.24) is 13.9 Å². The van der Waals surface area contributed by atoms with E-state index < -0.39 is 16.0 Å². The van der Waals surface area contributed by atoms with Gasteiger partial charge in [-0.25, -0.2) is 13.4 Å². The fourth-order valence-corrected chi connectivity index (χ4v) is 7.09. The van der Waals surface area contributed by atoms with Crippen molar-refractivity contribution < 1.29 is 23.1 Å². The molecular formula is C27H33N3O5S. The van der Waals surface area contributed by atoms with Gasteiger partial charge in [-0.15, -0.1) is 0 Å². The lowest BCUT2D eigenvalue weighted by Crippen LogP contribution is -2.29. The molecule has 0 radical (unpaired) electrons. The number of ether oxygens (including phenoxy) is 1. The molecule has 3 aromatic rings. The summed E-state index contributed by atoms with van der Waals surface area (Å²) < 4.78 is 36.3. The van der Waals surface area contributed by atoms with Gasteiger partial charge in [0.2, 0.25) is 15.9 Å². The SMILES string of the molecule is CCOc1ccc(S(=O)(=O)N2C[C@@H](CC3CCC3)[C@@H](n3cc(CC(=O)O)c4ccc(C)cc43)C2)cn1. The number of carbonyl (C=O) groups is 1. The number of aliphatic carboxylic acids is 1. The van der Waals surface area contributed by atoms with Crippen molar-refractivity contribution in [2.45, 2.75) is 56.9 Å². The smallest absolute Gasteiger partial charge is 0.307 e. The summed E-state index contributed by atoms with van der Waals surface area (Å²) in [4.78, 5) is 15.9. The zero-order valence-corrected chi connectivity index (χ0v) is 21.6. The summed E-state index contributed by atoms with van der Waals surface area (Å²) in [6.07, 6.45) is 7.82. The number of benzene rings is 1. The van der Waals surface area contributed by atoms with Crippen LogP contribution < -0.4 is 4.74 Å². The molecule has 1 aromatic carbocycles. The molecule has 2 fully saturated rings. The number of carboxylic acids is 1. The monoisotopic (exact) mass is 511 g/mol. The molecule has 1 N–H and O–H groups in total. The van der Waals surface area contributed by atoms with Gasteiger partial charge >= 0.3 is 5.97 Å². The summed E-state index contributed by atoms with van der Waals surface area (Å²) in [5, 5.41) is 10.4. The van der Waals surface area contributed by atoms with E-state index >= 15 is 0 Å². The molecule has 0 amide bonds. The summed E-state index contributed by atoms with van der Waals surface area (Å²) in [7, 11) is -3.73. The van der Waals surface area contributed by atoms with E-state index in [1.807, 2.05) is 32.2 Å². The highest BCUT2D eigenvalue weighted by atomic mass is 32.2. The fourth-order valence-electron chi connectivity index (χ4n) is 5.63. The zero-order valence-electron chi connectivity index (χ0n) is 20.8. The molecule has 8 nitrogen and oxygen atoms in total. The Morgan fingerprint density at radius 2 is 2.00 bits per heavy atom. The van der Waals surface area contributed by atoms with E-state index in [0.29, 0.717) is 31.5 Å². The number of sulfonamides is 1. The zero-order chi connectivity index (χ0) is 25.4. The molecule has 5 rings (SSSR count). The standard InChI is InChI=1S/C27H33N3O5S/c1-3-35-26-10-8-22(14-28-26)36(33,34)29-15-21(12-19-5-4-6-19)25(17-29)30-16-20(13-27(31)32)23-9-7-18(2)11-24(23)30/h7-11,14,16,19,21,25H,3-6,12-13,15,17H2,1-2H3,(H,31,32)/t21-,25+/m1/s1. The van der Waals surface area contributed by atoms with Gasteiger partial charge in [0.1, 0.15) is 4.90 Å². The van der Waals surface area contributed by atoms with Crippen LogP contribution in [0.2, 0.25) is 0 Å². The van der Waals surface area contributed by atoms with E-state index in [-0.39, 0.29) is 23.3 Å². The Morgan fingerprint density at radius 3 is 2.64 bits per heavy atom. The first-order valence-electron chi connectivity index (χ1n) is 12.7. The Hall–Kier alpha value is -2.91. The van der Waals surface area contributed by atoms with Crippen LogP contribution >= 0.6 is 0 Å². The van der Waals surface area contributed by atoms with Crippen LogP contribution in [0.3, 0.4) is 0 Å². The molecule has 2 aromatic heterocycles. The fraction of sp³-hybridized carbons (Fsp3) is 0.481. The second-order valence-corrected chi connectivity index (χ2v) is 12.0. The summed E-state index contributed by atoms with van der Waals surface area (Å²) in [6, 6.07) is 9.14. The third-order valence-corrected chi connectivity index (χ3v) is 9.46. The van der Waals surface area contributed by atoms with Gasteiger partial charge in [-0.2, -0.15) is 4.31 Å². The van der Waals surface area contributed by atoms with Crippen molar-refractivity contribution in [3.8, 4) is 5.88 Å². The highest BCUT2D eigenvalue weighted by molar-refractivity contribution is 7.89. The quantitative estimate of drug-likeness (QED) is 0.456. The molecule has 2 atom stereocenters. The van der Waals surface area contributed by atoms with Gasteiger partial charge < -0.3 is 14.4 Å². The Morgan fingerprint density at radius 1 is 1.19 bits per heavy atom. The maximum Gasteiger partial charge on any atom is 0.307 e. The lowest BCUT2D eigenvalue weighted by molar-refractivity contribution is -0.136. The second-order valence-electron chi connectivity index (χ2n) is 10.1. The molecule has 0 bridgehead atoms. The number of carboxylic acid groups (broad SMARTS) is 1. The van der Waals surface area contributed by atoms with Gasteiger partial charge in [-0.1, -0.05) is 31.4 Å². The molecule has 1 saturated carbocycles. The first kappa shape index (κ1) is 24.8. The molecule has 1 saturated heterocycles. The first-order chi connectivity index (χ1) is 17.3. The number of aromatic nitrogens is 2. The summed E-state index contributed by atoms with van der Waals surface area (Å²) in [5.74, 6) is 0.293. The Kier molecular flexibility index (Phi) is 6.78. The van der Waals surface area contributed by atoms with Gasteiger partial charge in [-0.05, 0) is 55.4 Å². The molecule has 3 heterocycles. The number of hydrogen-bond donors (Lipinski definition) is 1. The van der Waals surface area contributed by atoms with Crippen molar-refractivity contribution in [2.75, 3.05) is 19.7 Å². The molecule has 36 heavy (non-hydrogen) atoms. The predicted molar refractivity (Wildman–Crippen MR) is 137 cm³/mol. The van der Waals surface area contributed by atoms with Gasteiger partial charge in [0.25, 0.3) is 0 Å². The van der Waals surface area contributed by atoms with E-state index in [1.165, 1.54) is 25.5 Å². The Bertz CT molecular complexity index is 1360. The minimum absolute atomic E-state index is 0.0631. The molecule has 2 aliphatic rings. The van der Waals surface area contributed by atoms with Crippen LogP contribution in [0.5, 0.6) is 5.88 Å². The molecule has 192 valence electrons. The Balaban J connectivity index is 1.51. The Labute approximate surface area is 211 Å². The van der Waals surface area contributed by atoms with Crippen molar-refractivity contribution in [2.24, 2.45) is 11.8 Å². The van der Waals surface area contributed by atoms with E-state index in [4.69, 9.17) is 4.74 Å². The van der Waals surface area contributed by atoms with Gasteiger partial charge in [0.15, 0.2) is 0 Å². The first-order valence-corrected chi connectivity index (χ1v) is 14.1. The van der Waals surface area contributed by atoms with Crippen molar-refractivity contribution in [3.63, 3.8) is 0 Å². The number of pyridine rings is 1. The third kappa shape index (κ3) is 4.74. The lowest BCUT2D eigenvalue weighted by atomic mass is 9.78. The summed E-state index contributed by atoms with van der Waals surface area (Å²) in [6.45, 7) is 5.12. The van der Waals surface area contributed by atoms with Crippen LogP contribution in [-0.2, 0) is 21.2 Å².